The van der Waals surface area contributed by atoms with E-state index >= 15 is 0 Å². The Hall–Kier alpha value is -1.01. The highest BCUT2D eigenvalue weighted by molar-refractivity contribution is 5.27. The summed E-state index contributed by atoms with van der Waals surface area (Å²) in [4.78, 5) is 2.26. The normalized spacial score (nSPS) is 36.5. The molecule has 0 aromatic heterocycles. The van der Waals surface area contributed by atoms with Crippen molar-refractivity contribution in [3.05, 3.63) is 35.6 Å². The van der Waals surface area contributed by atoms with Crippen molar-refractivity contribution < 1.29 is 9.50 Å². The Balaban J connectivity index is 1.83. The molecule has 21 heavy (non-hydrogen) atoms. The zero-order chi connectivity index (χ0) is 15.1. The first kappa shape index (κ1) is 14.9. The Morgan fingerprint density at radius 1 is 1.14 bits per heavy atom. The van der Waals surface area contributed by atoms with E-state index in [9.17, 15) is 9.50 Å². The standard InChI is InChI=1S/C16H24FN3O/c1-20(2)16(12-3-5-13(17)6-4-12)9-7-15(8-10-16)11-18-14(21)19-15/h3-6,14,18-19,21H,7-11H2,1-2H3. The molecule has 1 aromatic carbocycles. The van der Waals surface area contributed by atoms with Crippen LogP contribution < -0.4 is 10.6 Å². The third-order valence-electron chi connectivity index (χ3n) is 5.35. The molecule has 1 aliphatic carbocycles. The Bertz CT molecular complexity index is 495. The third kappa shape index (κ3) is 2.59. The smallest absolute Gasteiger partial charge is 0.161 e. The lowest BCUT2D eigenvalue weighted by Gasteiger charge is -2.49. The molecule has 4 nitrogen and oxygen atoms in total. The van der Waals surface area contributed by atoms with Crippen LogP contribution >= 0.6 is 0 Å². The van der Waals surface area contributed by atoms with Crippen molar-refractivity contribution in [2.24, 2.45) is 0 Å². The second-order valence-electron chi connectivity index (χ2n) is 6.64. The maximum absolute atomic E-state index is 13.2. The van der Waals surface area contributed by atoms with Crippen molar-refractivity contribution in [2.45, 2.75) is 43.1 Å². The second kappa shape index (κ2) is 5.32. The molecule has 1 saturated heterocycles. The van der Waals surface area contributed by atoms with Gasteiger partial charge in [0.05, 0.1) is 0 Å². The summed E-state index contributed by atoms with van der Waals surface area (Å²) in [5.41, 5.74) is 1.13. The molecule has 2 aliphatic rings. The van der Waals surface area contributed by atoms with E-state index in [1.54, 1.807) is 12.1 Å². The molecule has 3 N–H and O–H groups in total. The summed E-state index contributed by atoms with van der Waals surface area (Å²) in [7, 11) is 4.19. The summed E-state index contributed by atoms with van der Waals surface area (Å²) in [6, 6.07) is 6.90. The number of aliphatic hydroxyl groups is 1. The number of hydrogen-bond acceptors (Lipinski definition) is 4. The van der Waals surface area contributed by atoms with E-state index in [2.05, 4.69) is 29.6 Å². The van der Waals surface area contributed by atoms with E-state index < -0.39 is 6.35 Å². The molecule has 3 rings (SSSR count). The lowest BCUT2D eigenvalue weighted by Crippen LogP contribution is -2.54. The summed E-state index contributed by atoms with van der Waals surface area (Å²) in [6.45, 7) is 0.807. The van der Waals surface area contributed by atoms with Crippen LogP contribution in [0.5, 0.6) is 0 Å². The van der Waals surface area contributed by atoms with Crippen molar-refractivity contribution in [1.82, 2.24) is 15.5 Å². The minimum Gasteiger partial charge on any atom is -0.365 e. The lowest BCUT2D eigenvalue weighted by molar-refractivity contribution is 0.0503. The average Bonchev–Trinajstić information content (AvgIpc) is 2.82. The van der Waals surface area contributed by atoms with E-state index in [0.29, 0.717) is 0 Å². The van der Waals surface area contributed by atoms with Gasteiger partial charge in [0.15, 0.2) is 6.35 Å². The molecule has 116 valence electrons. The molecule has 1 spiro atoms. The third-order valence-corrected chi connectivity index (χ3v) is 5.35. The number of nitrogens with zero attached hydrogens (tertiary/aromatic N) is 1. The van der Waals surface area contributed by atoms with Gasteiger partial charge in [-0.15, -0.1) is 0 Å². The van der Waals surface area contributed by atoms with Crippen LogP contribution in [0.15, 0.2) is 24.3 Å². The number of halogens is 1. The van der Waals surface area contributed by atoms with E-state index in [4.69, 9.17) is 0 Å². The molecule has 1 unspecified atom stereocenters. The van der Waals surface area contributed by atoms with Crippen LogP contribution in [0.3, 0.4) is 0 Å². The first-order valence-corrected chi connectivity index (χ1v) is 7.59. The van der Waals surface area contributed by atoms with Gasteiger partial charge in [-0.3, -0.25) is 15.5 Å². The highest BCUT2D eigenvalue weighted by Crippen LogP contribution is 2.45. The molecule has 0 amide bonds. The predicted molar refractivity (Wildman–Crippen MR) is 80.1 cm³/mol. The molecular formula is C16H24FN3O. The molecule has 5 heteroatoms. The van der Waals surface area contributed by atoms with E-state index in [1.807, 2.05) is 12.1 Å². The topological polar surface area (TPSA) is 47.5 Å². The van der Waals surface area contributed by atoms with E-state index in [-0.39, 0.29) is 16.9 Å². The summed E-state index contributed by atoms with van der Waals surface area (Å²) in [5, 5.41) is 16.0. The Kier molecular flexibility index (Phi) is 3.78. The molecule has 2 fully saturated rings. The maximum Gasteiger partial charge on any atom is 0.161 e. The minimum absolute atomic E-state index is 0.00103. The van der Waals surface area contributed by atoms with Crippen molar-refractivity contribution in [1.29, 1.82) is 0 Å². The predicted octanol–water partition coefficient (Wildman–Crippen LogP) is 1.36. The summed E-state index contributed by atoms with van der Waals surface area (Å²) >= 11 is 0. The first-order valence-electron chi connectivity index (χ1n) is 7.59. The minimum atomic E-state index is -0.595. The number of hydrogen-bond donors (Lipinski definition) is 3. The zero-order valence-electron chi connectivity index (χ0n) is 12.7. The maximum atomic E-state index is 13.2. The van der Waals surface area contributed by atoms with Crippen LogP contribution in [-0.4, -0.2) is 42.5 Å². The molecular weight excluding hydrogens is 269 g/mol. The molecule has 0 bridgehead atoms. The fourth-order valence-electron chi connectivity index (χ4n) is 3.90. The average molecular weight is 293 g/mol. The van der Waals surface area contributed by atoms with Gasteiger partial charge in [-0.05, 0) is 57.5 Å². The Labute approximate surface area is 125 Å². The molecule has 1 aromatic rings. The lowest BCUT2D eigenvalue weighted by atomic mass is 9.69. The largest absolute Gasteiger partial charge is 0.365 e. The van der Waals surface area contributed by atoms with Crippen LogP contribution in [-0.2, 0) is 5.54 Å². The van der Waals surface area contributed by atoms with Crippen LogP contribution in [0.1, 0.15) is 31.2 Å². The van der Waals surface area contributed by atoms with Crippen LogP contribution in [0, 0.1) is 5.82 Å². The summed E-state index contributed by atoms with van der Waals surface area (Å²) in [5.74, 6) is -0.190. The highest BCUT2D eigenvalue weighted by atomic mass is 19.1. The SMILES string of the molecule is CN(C)C1(c2ccc(F)cc2)CCC2(CC1)CNC(O)N2. The van der Waals surface area contributed by atoms with Gasteiger partial charge < -0.3 is 5.11 Å². The van der Waals surface area contributed by atoms with Crippen LogP contribution in [0.4, 0.5) is 4.39 Å². The fourth-order valence-corrected chi connectivity index (χ4v) is 3.90. The molecule has 1 heterocycles. The molecule has 0 radical (unpaired) electrons. The van der Waals surface area contributed by atoms with Gasteiger partial charge in [0.25, 0.3) is 0 Å². The van der Waals surface area contributed by atoms with Crippen molar-refractivity contribution in [3.63, 3.8) is 0 Å². The Morgan fingerprint density at radius 3 is 2.24 bits per heavy atom. The summed E-state index contributed by atoms with van der Waals surface area (Å²) in [6.07, 6.45) is 3.38. The highest BCUT2D eigenvalue weighted by Gasteiger charge is 2.47. The molecule has 1 aliphatic heterocycles. The monoisotopic (exact) mass is 293 g/mol. The second-order valence-corrected chi connectivity index (χ2v) is 6.64. The molecule has 1 saturated carbocycles. The van der Waals surface area contributed by atoms with Crippen LogP contribution in [0.25, 0.3) is 0 Å². The van der Waals surface area contributed by atoms with Gasteiger partial charge in [-0.25, -0.2) is 4.39 Å². The van der Waals surface area contributed by atoms with Gasteiger partial charge in [-0.1, -0.05) is 12.1 Å². The van der Waals surface area contributed by atoms with Gasteiger partial charge in [0.1, 0.15) is 5.82 Å². The van der Waals surface area contributed by atoms with E-state index in [1.165, 1.54) is 5.56 Å². The van der Waals surface area contributed by atoms with Gasteiger partial charge >= 0.3 is 0 Å². The van der Waals surface area contributed by atoms with Crippen molar-refractivity contribution in [3.8, 4) is 0 Å². The quantitative estimate of drug-likeness (QED) is 0.771. The van der Waals surface area contributed by atoms with Crippen LogP contribution in [0.2, 0.25) is 0 Å². The fraction of sp³-hybridized carbons (Fsp3) is 0.625. The number of nitrogens with one attached hydrogen (secondary N) is 2. The number of aliphatic hydroxyl groups excluding tert-OH is 1. The van der Waals surface area contributed by atoms with Gasteiger partial charge in [-0.2, -0.15) is 0 Å². The summed E-state index contributed by atoms with van der Waals surface area (Å²) < 4.78 is 13.2. The number of rotatable bonds is 2. The molecule has 1 atom stereocenters. The number of benzene rings is 1. The first-order chi connectivity index (χ1) is 9.96. The van der Waals surface area contributed by atoms with E-state index in [0.717, 1.165) is 32.2 Å². The van der Waals surface area contributed by atoms with Crippen molar-refractivity contribution in [2.75, 3.05) is 20.6 Å². The van der Waals surface area contributed by atoms with Crippen molar-refractivity contribution >= 4 is 0 Å². The van der Waals surface area contributed by atoms with Gasteiger partial charge in [0, 0.05) is 17.6 Å². The zero-order valence-corrected chi connectivity index (χ0v) is 12.7. The van der Waals surface area contributed by atoms with Gasteiger partial charge in [0.2, 0.25) is 0 Å². The Morgan fingerprint density at radius 2 is 1.76 bits per heavy atom.